The summed E-state index contributed by atoms with van der Waals surface area (Å²) < 4.78 is 11.9. The highest BCUT2D eigenvalue weighted by atomic mass is 16.5. The summed E-state index contributed by atoms with van der Waals surface area (Å²) in [5.74, 6) is 1.12. The van der Waals surface area contributed by atoms with Crippen molar-refractivity contribution in [2.45, 2.75) is 19.9 Å². The zero-order valence-corrected chi connectivity index (χ0v) is 12.4. The Labute approximate surface area is 126 Å². The molecule has 0 aliphatic rings. The summed E-state index contributed by atoms with van der Waals surface area (Å²) in [5, 5.41) is 10.8. The van der Waals surface area contributed by atoms with Crippen molar-refractivity contribution in [1.29, 1.82) is 0 Å². The fourth-order valence-corrected chi connectivity index (χ4v) is 2.08. The SMILES string of the molecule is Cc1noc([C@H](C)NC(=O)c2cn(C)nc2-c2ccco2)n1. The molecule has 0 aliphatic carbocycles. The zero-order chi connectivity index (χ0) is 15.7. The van der Waals surface area contributed by atoms with E-state index in [4.69, 9.17) is 8.94 Å². The molecule has 0 bridgehead atoms. The Morgan fingerprint density at radius 2 is 2.27 bits per heavy atom. The monoisotopic (exact) mass is 301 g/mol. The average Bonchev–Trinajstić information content (AvgIpc) is 3.17. The van der Waals surface area contributed by atoms with Gasteiger partial charge in [-0.05, 0) is 26.0 Å². The maximum Gasteiger partial charge on any atom is 0.255 e. The molecule has 3 aromatic heterocycles. The van der Waals surface area contributed by atoms with Gasteiger partial charge in [0.05, 0.1) is 11.8 Å². The summed E-state index contributed by atoms with van der Waals surface area (Å²) in [6.07, 6.45) is 3.18. The molecular weight excluding hydrogens is 286 g/mol. The highest BCUT2D eigenvalue weighted by Gasteiger charge is 2.22. The largest absolute Gasteiger partial charge is 0.463 e. The van der Waals surface area contributed by atoms with Crippen LogP contribution in [0.3, 0.4) is 0 Å². The van der Waals surface area contributed by atoms with Crippen molar-refractivity contribution in [2.75, 3.05) is 0 Å². The fourth-order valence-electron chi connectivity index (χ4n) is 2.08. The third-order valence-electron chi connectivity index (χ3n) is 3.09. The van der Waals surface area contributed by atoms with Crippen LogP contribution in [0.2, 0.25) is 0 Å². The van der Waals surface area contributed by atoms with Gasteiger partial charge < -0.3 is 14.3 Å². The van der Waals surface area contributed by atoms with Gasteiger partial charge in [-0.15, -0.1) is 0 Å². The summed E-state index contributed by atoms with van der Waals surface area (Å²) in [7, 11) is 1.74. The summed E-state index contributed by atoms with van der Waals surface area (Å²) in [4.78, 5) is 16.6. The first kappa shape index (κ1) is 14.1. The van der Waals surface area contributed by atoms with E-state index in [0.29, 0.717) is 28.7 Å². The standard InChI is InChI=1S/C14H15N5O3/c1-8(14-16-9(2)18-22-14)15-13(20)10-7-19(3)17-12(10)11-5-4-6-21-11/h4-8H,1-3H3,(H,15,20)/t8-/m0/s1. The normalized spacial score (nSPS) is 12.3. The highest BCUT2D eigenvalue weighted by Crippen LogP contribution is 2.23. The number of hydrogen-bond acceptors (Lipinski definition) is 6. The number of aryl methyl sites for hydroxylation is 2. The summed E-state index contributed by atoms with van der Waals surface area (Å²) in [5.41, 5.74) is 0.902. The molecule has 0 saturated carbocycles. The number of carbonyl (C=O) groups excluding carboxylic acids is 1. The van der Waals surface area contributed by atoms with Crippen LogP contribution in [-0.2, 0) is 7.05 Å². The van der Waals surface area contributed by atoms with E-state index < -0.39 is 6.04 Å². The van der Waals surface area contributed by atoms with Crippen LogP contribution in [0.4, 0.5) is 0 Å². The van der Waals surface area contributed by atoms with Crippen LogP contribution in [0.1, 0.15) is 35.0 Å². The Morgan fingerprint density at radius 1 is 1.45 bits per heavy atom. The van der Waals surface area contributed by atoms with E-state index >= 15 is 0 Å². The number of amides is 1. The Morgan fingerprint density at radius 3 is 2.91 bits per heavy atom. The predicted molar refractivity (Wildman–Crippen MR) is 75.8 cm³/mol. The van der Waals surface area contributed by atoms with Gasteiger partial charge in [-0.25, -0.2) is 0 Å². The van der Waals surface area contributed by atoms with Gasteiger partial charge in [-0.1, -0.05) is 5.16 Å². The number of nitrogens with one attached hydrogen (secondary N) is 1. The first-order chi connectivity index (χ1) is 10.5. The fraction of sp³-hybridized carbons (Fsp3) is 0.286. The zero-order valence-electron chi connectivity index (χ0n) is 12.4. The van der Waals surface area contributed by atoms with E-state index in [1.807, 2.05) is 0 Å². The second kappa shape index (κ2) is 5.47. The molecule has 0 aromatic carbocycles. The highest BCUT2D eigenvalue weighted by molar-refractivity contribution is 5.99. The Balaban J connectivity index is 1.84. The van der Waals surface area contributed by atoms with Crippen molar-refractivity contribution < 1.29 is 13.7 Å². The maximum absolute atomic E-state index is 12.5. The van der Waals surface area contributed by atoms with Crippen molar-refractivity contribution in [3.8, 4) is 11.5 Å². The first-order valence-corrected chi connectivity index (χ1v) is 6.73. The van der Waals surface area contributed by atoms with E-state index in [1.54, 1.807) is 43.9 Å². The van der Waals surface area contributed by atoms with Crippen LogP contribution in [0, 0.1) is 6.92 Å². The molecule has 114 valence electrons. The molecule has 0 radical (unpaired) electrons. The van der Waals surface area contributed by atoms with Crippen LogP contribution < -0.4 is 5.32 Å². The molecule has 8 heteroatoms. The van der Waals surface area contributed by atoms with Crippen molar-refractivity contribution in [3.05, 3.63) is 41.9 Å². The first-order valence-electron chi connectivity index (χ1n) is 6.73. The van der Waals surface area contributed by atoms with E-state index in [0.717, 1.165) is 0 Å². The minimum absolute atomic E-state index is 0.289. The number of hydrogen-bond donors (Lipinski definition) is 1. The molecule has 0 fully saturated rings. The number of carbonyl (C=O) groups is 1. The van der Waals surface area contributed by atoms with Crippen LogP contribution in [-0.4, -0.2) is 25.8 Å². The third kappa shape index (κ3) is 2.62. The van der Waals surface area contributed by atoms with Crippen LogP contribution in [0.5, 0.6) is 0 Å². The molecule has 1 amide bonds. The minimum atomic E-state index is -0.404. The molecule has 0 aliphatic heterocycles. The van der Waals surface area contributed by atoms with Crippen LogP contribution in [0.25, 0.3) is 11.5 Å². The van der Waals surface area contributed by atoms with Gasteiger partial charge in [0.15, 0.2) is 11.6 Å². The van der Waals surface area contributed by atoms with Gasteiger partial charge in [0.25, 0.3) is 5.91 Å². The predicted octanol–water partition coefficient (Wildman–Crippen LogP) is 1.86. The van der Waals surface area contributed by atoms with Gasteiger partial charge in [0.2, 0.25) is 5.89 Å². The lowest BCUT2D eigenvalue weighted by molar-refractivity contribution is 0.0933. The second-order valence-electron chi connectivity index (χ2n) is 4.92. The van der Waals surface area contributed by atoms with Crippen molar-refractivity contribution in [3.63, 3.8) is 0 Å². The topological polar surface area (TPSA) is 99.0 Å². The summed E-state index contributed by atoms with van der Waals surface area (Å²) in [6, 6.07) is 3.10. The number of rotatable bonds is 4. The van der Waals surface area contributed by atoms with Crippen molar-refractivity contribution in [2.24, 2.45) is 7.05 Å². The van der Waals surface area contributed by atoms with Gasteiger partial charge in [-0.2, -0.15) is 10.1 Å². The quantitative estimate of drug-likeness (QED) is 0.789. The molecule has 8 nitrogen and oxygen atoms in total. The lowest BCUT2D eigenvalue weighted by Crippen LogP contribution is -2.27. The molecular formula is C14H15N5O3. The number of nitrogens with zero attached hydrogens (tertiary/aromatic N) is 4. The van der Waals surface area contributed by atoms with Gasteiger partial charge >= 0.3 is 0 Å². The molecule has 3 heterocycles. The molecule has 0 spiro atoms. The minimum Gasteiger partial charge on any atom is -0.463 e. The lowest BCUT2D eigenvalue weighted by Gasteiger charge is -2.09. The molecule has 0 unspecified atom stereocenters. The Hall–Kier alpha value is -2.90. The van der Waals surface area contributed by atoms with Crippen LogP contribution in [0.15, 0.2) is 33.5 Å². The van der Waals surface area contributed by atoms with E-state index in [-0.39, 0.29) is 5.91 Å². The Kier molecular flexibility index (Phi) is 3.50. The second-order valence-corrected chi connectivity index (χ2v) is 4.92. The lowest BCUT2D eigenvalue weighted by atomic mass is 10.2. The van der Waals surface area contributed by atoms with E-state index in [1.165, 1.54) is 6.26 Å². The Bertz CT molecular complexity index is 787. The molecule has 3 rings (SSSR count). The molecule has 22 heavy (non-hydrogen) atoms. The van der Waals surface area contributed by atoms with Gasteiger partial charge in [-0.3, -0.25) is 9.48 Å². The average molecular weight is 301 g/mol. The van der Waals surface area contributed by atoms with Crippen LogP contribution >= 0.6 is 0 Å². The van der Waals surface area contributed by atoms with Gasteiger partial charge in [0, 0.05) is 13.2 Å². The smallest absolute Gasteiger partial charge is 0.255 e. The maximum atomic E-state index is 12.5. The number of furan rings is 1. The summed E-state index contributed by atoms with van der Waals surface area (Å²) in [6.45, 7) is 3.49. The van der Waals surface area contributed by atoms with E-state index in [2.05, 4.69) is 20.6 Å². The molecule has 1 N–H and O–H groups in total. The molecule has 1 atom stereocenters. The van der Waals surface area contributed by atoms with Crippen molar-refractivity contribution in [1.82, 2.24) is 25.2 Å². The number of aromatic nitrogens is 4. The molecule has 3 aromatic rings. The summed E-state index contributed by atoms with van der Waals surface area (Å²) >= 11 is 0. The van der Waals surface area contributed by atoms with Gasteiger partial charge in [0.1, 0.15) is 11.7 Å². The van der Waals surface area contributed by atoms with E-state index in [9.17, 15) is 4.79 Å². The molecule has 0 saturated heterocycles. The third-order valence-corrected chi connectivity index (χ3v) is 3.09. The van der Waals surface area contributed by atoms with Crippen molar-refractivity contribution >= 4 is 5.91 Å².